The Bertz CT molecular complexity index is 735. The van der Waals surface area contributed by atoms with Gasteiger partial charge in [0.25, 0.3) is 0 Å². The van der Waals surface area contributed by atoms with E-state index in [2.05, 4.69) is 10.6 Å². The molecule has 1 aromatic rings. The molecule has 1 heterocycles. The quantitative estimate of drug-likeness (QED) is 0.784. The Balaban J connectivity index is 1.92. The maximum Gasteiger partial charge on any atom is 0.422 e. The lowest BCUT2D eigenvalue weighted by Crippen LogP contribution is -2.39. The molecular weight excluding hydrogens is 361 g/mol. The Morgan fingerprint density at radius 2 is 2.08 bits per heavy atom. The van der Waals surface area contributed by atoms with Crippen LogP contribution in [0.3, 0.4) is 0 Å². The zero-order valence-electron chi connectivity index (χ0n) is 13.5. The van der Waals surface area contributed by atoms with Crippen LogP contribution in [0.15, 0.2) is 18.2 Å². The zero-order valence-corrected chi connectivity index (χ0v) is 14.3. The molecule has 0 aromatic heterocycles. The Labute approximate surface area is 143 Å². The highest BCUT2D eigenvalue weighted by Crippen LogP contribution is 2.27. The second-order valence-electron chi connectivity index (χ2n) is 5.92. The van der Waals surface area contributed by atoms with E-state index in [0.29, 0.717) is 12.0 Å². The van der Waals surface area contributed by atoms with Crippen LogP contribution in [0, 0.1) is 6.92 Å². The van der Waals surface area contributed by atoms with E-state index >= 15 is 0 Å². The second kappa shape index (κ2) is 7.51. The van der Waals surface area contributed by atoms with Gasteiger partial charge in [0.1, 0.15) is 5.75 Å². The number of anilines is 1. The minimum atomic E-state index is -4.47. The average molecular weight is 380 g/mol. The van der Waals surface area contributed by atoms with Crippen LogP contribution in [0.25, 0.3) is 0 Å². The second-order valence-corrected chi connectivity index (χ2v) is 8.15. The van der Waals surface area contributed by atoms with Crippen molar-refractivity contribution in [3.63, 3.8) is 0 Å². The SMILES string of the molecule is Cc1ccc(NCC(=O)N[C@H]2CCS(=O)(=O)C2)c(OCC(F)(F)F)c1. The minimum absolute atomic E-state index is 0.00595. The Kier molecular flexibility index (Phi) is 5.81. The van der Waals surface area contributed by atoms with Gasteiger partial charge in [-0.3, -0.25) is 4.79 Å². The number of carbonyl (C=O) groups is 1. The zero-order chi connectivity index (χ0) is 18.7. The Hall–Kier alpha value is -1.97. The minimum Gasteiger partial charge on any atom is -0.482 e. The van der Waals surface area contributed by atoms with E-state index in [-0.39, 0.29) is 29.5 Å². The van der Waals surface area contributed by atoms with Crippen molar-refractivity contribution >= 4 is 21.4 Å². The van der Waals surface area contributed by atoms with Gasteiger partial charge in [-0.1, -0.05) is 6.07 Å². The van der Waals surface area contributed by atoms with Crippen molar-refractivity contribution in [3.05, 3.63) is 23.8 Å². The van der Waals surface area contributed by atoms with Gasteiger partial charge in [0, 0.05) is 6.04 Å². The van der Waals surface area contributed by atoms with Crippen LogP contribution in [0.2, 0.25) is 0 Å². The standard InChI is InChI=1S/C15H19F3N2O4S/c1-10-2-3-12(13(6-10)24-9-15(16,17)18)19-7-14(21)20-11-4-5-25(22,23)8-11/h2-3,6,11,19H,4-5,7-9H2,1H3,(H,20,21)/t11-/m0/s1. The molecule has 0 aliphatic carbocycles. The summed E-state index contributed by atoms with van der Waals surface area (Å²) >= 11 is 0. The van der Waals surface area contributed by atoms with E-state index in [4.69, 9.17) is 4.74 Å². The number of hydrogen-bond acceptors (Lipinski definition) is 5. The van der Waals surface area contributed by atoms with Gasteiger partial charge >= 0.3 is 6.18 Å². The monoisotopic (exact) mass is 380 g/mol. The molecule has 1 aliphatic rings. The van der Waals surface area contributed by atoms with Crippen molar-refractivity contribution < 1.29 is 31.1 Å². The number of carbonyl (C=O) groups excluding carboxylic acids is 1. The molecule has 140 valence electrons. The van der Waals surface area contributed by atoms with Gasteiger partial charge in [-0.15, -0.1) is 0 Å². The van der Waals surface area contributed by atoms with Gasteiger partial charge in [0.2, 0.25) is 5.91 Å². The molecule has 0 unspecified atom stereocenters. The molecule has 1 aromatic carbocycles. The van der Waals surface area contributed by atoms with Crippen LogP contribution >= 0.6 is 0 Å². The first-order valence-corrected chi connectivity index (χ1v) is 9.40. The smallest absolute Gasteiger partial charge is 0.422 e. The number of ether oxygens (including phenoxy) is 1. The topological polar surface area (TPSA) is 84.5 Å². The molecule has 0 bridgehead atoms. The highest BCUT2D eigenvalue weighted by atomic mass is 32.2. The summed E-state index contributed by atoms with van der Waals surface area (Å²) in [4.78, 5) is 11.9. The number of halogens is 3. The van der Waals surface area contributed by atoms with E-state index in [1.54, 1.807) is 13.0 Å². The molecule has 25 heavy (non-hydrogen) atoms. The largest absolute Gasteiger partial charge is 0.482 e. The Morgan fingerprint density at radius 3 is 2.68 bits per heavy atom. The maximum atomic E-state index is 12.3. The first kappa shape index (κ1) is 19.4. The molecule has 2 N–H and O–H groups in total. The van der Waals surface area contributed by atoms with Crippen LogP contribution in [0.5, 0.6) is 5.75 Å². The third kappa shape index (κ3) is 6.45. The van der Waals surface area contributed by atoms with Crippen LogP contribution in [0.4, 0.5) is 18.9 Å². The molecule has 0 spiro atoms. The number of amides is 1. The summed E-state index contributed by atoms with van der Waals surface area (Å²) in [5.74, 6) is -0.500. The average Bonchev–Trinajstić information content (AvgIpc) is 2.82. The van der Waals surface area contributed by atoms with Gasteiger partial charge in [0.05, 0.1) is 23.7 Å². The summed E-state index contributed by atoms with van der Waals surface area (Å²) < 4.78 is 64.4. The lowest BCUT2D eigenvalue weighted by Gasteiger charge is -2.16. The first-order chi connectivity index (χ1) is 11.5. The van der Waals surface area contributed by atoms with Crippen LogP contribution in [-0.2, 0) is 14.6 Å². The van der Waals surface area contributed by atoms with Gasteiger partial charge < -0.3 is 15.4 Å². The van der Waals surface area contributed by atoms with Gasteiger partial charge in [-0.05, 0) is 31.0 Å². The highest BCUT2D eigenvalue weighted by Gasteiger charge is 2.30. The van der Waals surface area contributed by atoms with E-state index in [0.717, 1.165) is 0 Å². The summed E-state index contributed by atoms with van der Waals surface area (Å²) in [6.45, 7) is 0.0662. The number of aryl methyl sites for hydroxylation is 1. The highest BCUT2D eigenvalue weighted by molar-refractivity contribution is 7.91. The fourth-order valence-corrected chi connectivity index (χ4v) is 4.09. The fraction of sp³-hybridized carbons (Fsp3) is 0.533. The van der Waals surface area contributed by atoms with Crippen molar-refractivity contribution in [2.24, 2.45) is 0 Å². The lowest BCUT2D eigenvalue weighted by molar-refractivity contribution is -0.153. The lowest BCUT2D eigenvalue weighted by atomic mass is 10.2. The fourth-order valence-electron chi connectivity index (χ4n) is 2.42. The van der Waals surface area contributed by atoms with Crippen molar-refractivity contribution in [1.82, 2.24) is 5.32 Å². The first-order valence-electron chi connectivity index (χ1n) is 7.58. The molecule has 1 atom stereocenters. The predicted molar refractivity (Wildman–Crippen MR) is 86.4 cm³/mol. The number of alkyl halides is 3. The van der Waals surface area contributed by atoms with Crippen molar-refractivity contribution in [1.29, 1.82) is 0 Å². The van der Waals surface area contributed by atoms with Crippen LogP contribution in [0.1, 0.15) is 12.0 Å². The molecule has 10 heteroatoms. The summed E-state index contributed by atoms with van der Waals surface area (Å²) in [5.41, 5.74) is 0.965. The summed E-state index contributed by atoms with van der Waals surface area (Å²) in [6, 6.07) is 4.20. The Morgan fingerprint density at radius 1 is 1.36 bits per heavy atom. The predicted octanol–water partition coefficient (Wildman–Crippen LogP) is 1.65. The van der Waals surface area contributed by atoms with Gasteiger partial charge in [0.15, 0.2) is 16.4 Å². The molecule has 1 aliphatic heterocycles. The van der Waals surface area contributed by atoms with Crippen molar-refractivity contribution in [3.8, 4) is 5.75 Å². The molecule has 6 nitrogen and oxygen atoms in total. The molecule has 0 radical (unpaired) electrons. The number of benzene rings is 1. The maximum absolute atomic E-state index is 12.3. The van der Waals surface area contributed by atoms with Gasteiger partial charge in [-0.25, -0.2) is 8.42 Å². The van der Waals surface area contributed by atoms with Crippen molar-refractivity contribution in [2.75, 3.05) is 30.0 Å². The van der Waals surface area contributed by atoms with Crippen LogP contribution < -0.4 is 15.4 Å². The normalized spacial score (nSPS) is 19.4. The van der Waals surface area contributed by atoms with Crippen LogP contribution in [-0.4, -0.2) is 51.2 Å². The molecule has 1 fully saturated rings. The molecule has 2 rings (SSSR count). The summed E-state index contributed by atoms with van der Waals surface area (Å²) in [7, 11) is -3.10. The van der Waals surface area contributed by atoms with E-state index < -0.39 is 34.6 Å². The summed E-state index contributed by atoms with van der Waals surface area (Å²) in [5, 5.41) is 5.31. The molecule has 1 amide bonds. The summed E-state index contributed by atoms with van der Waals surface area (Å²) in [6.07, 6.45) is -4.11. The van der Waals surface area contributed by atoms with Crippen molar-refractivity contribution in [2.45, 2.75) is 25.6 Å². The molecular formula is C15H19F3N2O4S. The number of sulfone groups is 1. The van der Waals surface area contributed by atoms with Gasteiger partial charge in [-0.2, -0.15) is 13.2 Å². The molecule has 0 saturated carbocycles. The van der Waals surface area contributed by atoms with E-state index in [1.807, 2.05) is 0 Å². The number of rotatable bonds is 6. The number of hydrogen-bond donors (Lipinski definition) is 2. The third-order valence-corrected chi connectivity index (χ3v) is 5.33. The molecule has 1 saturated heterocycles. The van der Waals surface area contributed by atoms with E-state index in [9.17, 15) is 26.4 Å². The third-order valence-electron chi connectivity index (χ3n) is 3.57. The van der Waals surface area contributed by atoms with E-state index in [1.165, 1.54) is 12.1 Å². The number of nitrogens with one attached hydrogen (secondary N) is 2.